The summed E-state index contributed by atoms with van der Waals surface area (Å²) in [6.07, 6.45) is 8.92. The van der Waals surface area contributed by atoms with Crippen molar-refractivity contribution in [3.05, 3.63) is 102 Å². The minimum absolute atomic E-state index is 0.0673. The van der Waals surface area contributed by atoms with Crippen LogP contribution >= 0.6 is 0 Å². The SMILES string of the molecule is C/C=C\C(=C/CC)c1ccc2nc(-c3cccnc3N)n(-c3ccc(CN4CC5CN(c6ccc(O)c(O)c6)CC5C4)cc3)c2n1. The topological polar surface area (TPSA) is 117 Å². The molecule has 9 nitrogen and oxygen atoms in total. The average molecular weight is 614 g/mol. The number of hydrogen-bond acceptors (Lipinski definition) is 8. The Labute approximate surface area is 269 Å². The molecule has 5 aromatic rings. The molecule has 5 heterocycles. The minimum atomic E-state index is -0.0809. The van der Waals surface area contributed by atoms with Gasteiger partial charge in [0.15, 0.2) is 23.0 Å². The molecule has 2 atom stereocenters. The molecule has 2 unspecified atom stereocenters. The van der Waals surface area contributed by atoms with Crippen molar-refractivity contribution in [3.63, 3.8) is 0 Å². The average Bonchev–Trinajstić information content (AvgIpc) is 3.74. The zero-order valence-electron chi connectivity index (χ0n) is 26.2. The molecule has 2 aliphatic heterocycles. The highest BCUT2D eigenvalue weighted by Gasteiger charge is 2.40. The van der Waals surface area contributed by atoms with Gasteiger partial charge in [-0.2, -0.15) is 0 Å². The minimum Gasteiger partial charge on any atom is -0.504 e. The van der Waals surface area contributed by atoms with E-state index in [2.05, 4.69) is 62.7 Å². The molecule has 0 amide bonds. The van der Waals surface area contributed by atoms with Gasteiger partial charge in [0, 0.05) is 56.4 Å². The molecule has 2 fully saturated rings. The normalized spacial score (nSPS) is 18.7. The molecule has 2 saturated heterocycles. The predicted molar refractivity (Wildman–Crippen MR) is 184 cm³/mol. The summed E-state index contributed by atoms with van der Waals surface area (Å²) in [5.41, 5.74) is 13.9. The molecule has 2 aromatic carbocycles. The molecule has 0 spiro atoms. The number of phenolic OH excluding ortho intramolecular Hbond substituents is 2. The number of allylic oxidation sites excluding steroid dienone is 4. The molecular weight excluding hydrogens is 574 g/mol. The van der Waals surface area contributed by atoms with Gasteiger partial charge in [-0.05, 0) is 84.8 Å². The maximum atomic E-state index is 9.95. The van der Waals surface area contributed by atoms with E-state index in [1.54, 1.807) is 18.3 Å². The fourth-order valence-electron chi connectivity index (χ4n) is 6.95. The highest BCUT2D eigenvalue weighted by Crippen LogP contribution is 2.38. The Morgan fingerprint density at radius 3 is 2.37 bits per heavy atom. The van der Waals surface area contributed by atoms with Gasteiger partial charge in [0.25, 0.3) is 0 Å². The van der Waals surface area contributed by atoms with E-state index in [1.807, 2.05) is 43.3 Å². The molecule has 234 valence electrons. The van der Waals surface area contributed by atoms with Gasteiger partial charge in [-0.1, -0.05) is 37.3 Å². The first kappa shape index (κ1) is 29.6. The Balaban J connectivity index is 1.14. The van der Waals surface area contributed by atoms with Gasteiger partial charge < -0.3 is 20.8 Å². The number of phenols is 2. The molecule has 46 heavy (non-hydrogen) atoms. The number of rotatable bonds is 8. The number of benzene rings is 2. The third kappa shape index (κ3) is 5.58. The lowest BCUT2D eigenvalue weighted by molar-refractivity contribution is 0.309. The second kappa shape index (κ2) is 12.3. The summed E-state index contributed by atoms with van der Waals surface area (Å²) in [7, 11) is 0. The van der Waals surface area contributed by atoms with Crippen LogP contribution in [0.3, 0.4) is 0 Å². The van der Waals surface area contributed by atoms with Gasteiger partial charge in [0.05, 0.1) is 11.3 Å². The van der Waals surface area contributed by atoms with E-state index < -0.39 is 0 Å². The van der Waals surface area contributed by atoms with Crippen molar-refractivity contribution in [1.82, 2.24) is 24.4 Å². The first-order chi connectivity index (χ1) is 22.4. The predicted octanol–water partition coefficient (Wildman–Crippen LogP) is 6.41. The van der Waals surface area contributed by atoms with Gasteiger partial charge in [-0.25, -0.2) is 15.0 Å². The van der Waals surface area contributed by atoms with Gasteiger partial charge >= 0.3 is 0 Å². The second-order valence-corrected chi connectivity index (χ2v) is 12.3. The highest BCUT2D eigenvalue weighted by atomic mass is 16.3. The summed E-state index contributed by atoms with van der Waals surface area (Å²) in [5, 5.41) is 19.6. The van der Waals surface area contributed by atoms with Gasteiger partial charge in [0.2, 0.25) is 0 Å². The maximum absolute atomic E-state index is 9.95. The van der Waals surface area contributed by atoms with Crippen LogP contribution in [0.2, 0.25) is 0 Å². The van der Waals surface area contributed by atoms with Crippen molar-refractivity contribution < 1.29 is 10.2 Å². The molecular formula is C37H39N7O2. The van der Waals surface area contributed by atoms with Crippen molar-refractivity contribution in [3.8, 4) is 28.6 Å². The van der Waals surface area contributed by atoms with E-state index in [0.29, 0.717) is 23.5 Å². The van der Waals surface area contributed by atoms with Gasteiger partial charge in [0.1, 0.15) is 11.3 Å². The van der Waals surface area contributed by atoms with Crippen LogP contribution < -0.4 is 10.6 Å². The monoisotopic (exact) mass is 613 g/mol. The van der Waals surface area contributed by atoms with Gasteiger partial charge in [-0.3, -0.25) is 9.47 Å². The first-order valence-corrected chi connectivity index (χ1v) is 15.9. The summed E-state index contributed by atoms with van der Waals surface area (Å²) in [4.78, 5) is 19.3. The number of aromatic nitrogens is 4. The smallest absolute Gasteiger partial charge is 0.165 e. The highest BCUT2D eigenvalue weighted by molar-refractivity contribution is 5.85. The number of nitrogens with two attached hydrogens (primary N) is 1. The van der Waals surface area contributed by atoms with Gasteiger partial charge in [-0.15, -0.1) is 0 Å². The lowest BCUT2D eigenvalue weighted by Gasteiger charge is -2.23. The van der Waals surface area contributed by atoms with E-state index in [9.17, 15) is 10.2 Å². The van der Waals surface area contributed by atoms with Crippen molar-refractivity contribution in [2.45, 2.75) is 26.8 Å². The van der Waals surface area contributed by atoms with Crippen molar-refractivity contribution in [2.24, 2.45) is 11.8 Å². The van der Waals surface area contributed by atoms with E-state index in [1.165, 1.54) is 5.56 Å². The number of nitrogen functional groups attached to an aromatic ring is 1. The summed E-state index contributed by atoms with van der Waals surface area (Å²) in [5.74, 6) is 2.15. The fraction of sp³-hybridized carbons (Fsp3) is 0.270. The van der Waals surface area contributed by atoms with E-state index in [0.717, 1.165) is 78.5 Å². The number of anilines is 2. The van der Waals surface area contributed by atoms with Crippen LogP contribution in [0.25, 0.3) is 33.8 Å². The Morgan fingerprint density at radius 2 is 1.67 bits per heavy atom. The number of likely N-dealkylation sites (tertiary alicyclic amines) is 1. The fourth-order valence-corrected chi connectivity index (χ4v) is 6.95. The summed E-state index contributed by atoms with van der Waals surface area (Å²) < 4.78 is 2.09. The third-order valence-electron chi connectivity index (χ3n) is 9.14. The molecule has 0 bridgehead atoms. The summed E-state index contributed by atoms with van der Waals surface area (Å²) in [6, 6.07) is 21.7. The summed E-state index contributed by atoms with van der Waals surface area (Å²) in [6.45, 7) is 9.02. The Morgan fingerprint density at radius 1 is 0.913 bits per heavy atom. The largest absolute Gasteiger partial charge is 0.504 e. The molecule has 3 aromatic heterocycles. The van der Waals surface area contributed by atoms with E-state index in [4.69, 9.17) is 15.7 Å². The Kier molecular flexibility index (Phi) is 7.92. The molecule has 0 radical (unpaired) electrons. The first-order valence-electron chi connectivity index (χ1n) is 15.9. The third-order valence-corrected chi connectivity index (χ3v) is 9.14. The summed E-state index contributed by atoms with van der Waals surface area (Å²) >= 11 is 0. The lowest BCUT2D eigenvalue weighted by atomic mass is 10.0. The number of fused-ring (bicyclic) bond motifs is 2. The number of aromatic hydroxyl groups is 2. The molecule has 0 saturated carbocycles. The van der Waals surface area contributed by atoms with Crippen LogP contribution in [0.5, 0.6) is 11.5 Å². The Bertz CT molecular complexity index is 1930. The second-order valence-electron chi connectivity index (χ2n) is 12.3. The van der Waals surface area contributed by atoms with Crippen LogP contribution in [0.4, 0.5) is 11.5 Å². The van der Waals surface area contributed by atoms with Crippen molar-refractivity contribution in [2.75, 3.05) is 36.8 Å². The number of hydrogen-bond donors (Lipinski definition) is 3. The zero-order chi connectivity index (χ0) is 31.8. The molecule has 7 rings (SSSR count). The van der Waals surface area contributed by atoms with Crippen LogP contribution in [0, 0.1) is 11.8 Å². The number of imidazole rings is 1. The molecule has 0 aliphatic carbocycles. The van der Waals surface area contributed by atoms with Crippen molar-refractivity contribution in [1.29, 1.82) is 0 Å². The Hall–Kier alpha value is -5.15. The quantitative estimate of drug-likeness (QED) is 0.136. The number of nitrogens with zero attached hydrogens (tertiary/aromatic N) is 6. The van der Waals surface area contributed by atoms with E-state index in [-0.39, 0.29) is 11.5 Å². The van der Waals surface area contributed by atoms with Crippen molar-refractivity contribution >= 4 is 28.2 Å². The standard InChI is InChI=1S/C37H39N7O2/c1-3-6-25(7-4-2)31-14-15-32-37(40-31)44(36(41-32)30-8-5-17-39-35(30)38)28-11-9-24(10-12-28)19-42-20-26-22-43(23-27(26)21-42)29-13-16-33(45)34(46)18-29/h3,5-18,26-27,45-46H,4,19-23H2,1-2H3,(H2,38,39)/b6-3-,25-7+. The van der Waals surface area contributed by atoms with E-state index >= 15 is 0 Å². The number of pyridine rings is 2. The molecule has 2 aliphatic rings. The van der Waals surface area contributed by atoms with Crippen LogP contribution in [-0.4, -0.2) is 60.8 Å². The lowest BCUT2D eigenvalue weighted by Crippen LogP contribution is -2.28. The van der Waals surface area contributed by atoms with Crippen LogP contribution in [0.15, 0.2) is 91.2 Å². The maximum Gasteiger partial charge on any atom is 0.165 e. The van der Waals surface area contributed by atoms with Crippen LogP contribution in [0.1, 0.15) is 31.5 Å². The molecule has 9 heteroatoms. The van der Waals surface area contributed by atoms with Crippen LogP contribution in [-0.2, 0) is 6.54 Å². The zero-order valence-corrected chi connectivity index (χ0v) is 26.2. The molecule has 4 N–H and O–H groups in total.